The number of methoxy groups -OCH3 is 4. The van der Waals surface area contributed by atoms with E-state index in [1.54, 1.807) is 0 Å². The third kappa shape index (κ3) is 5.64. The summed E-state index contributed by atoms with van der Waals surface area (Å²) in [5.74, 6) is 1.43. The Morgan fingerprint density at radius 1 is 0.500 bits per heavy atom. The molecule has 0 saturated carbocycles. The van der Waals surface area contributed by atoms with E-state index in [2.05, 4.69) is 31.9 Å². The first-order valence-electron chi connectivity index (χ1n) is 6.64. The predicted octanol–water partition coefficient (Wildman–Crippen LogP) is 3.14. The summed E-state index contributed by atoms with van der Waals surface area (Å²) in [5.41, 5.74) is 0. The van der Waals surface area contributed by atoms with Crippen LogP contribution in [0.1, 0.15) is 0 Å². The van der Waals surface area contributed by atoms with Gasteiger partial charge in [0.2, 0.25) is 0 Å². The van der Waals surface area contributed by atoms with Crippen molar-refractivity contribution in [3.05, 3.63) is 8.95 Å². The Hall–Kier alpha value is -0.780. The number of ether oxygens (including phenoxy) is 8. The lowest BCUT2D eigenvalue weighted by molar-refractivity contribution is 0.0227. The first-order chi connectivity index (χ1) is 11.6. The maximum atomic E-state index is 5.59. The maximum Gasteiger partial charge on any atom is 0.188 e. The highest BCUT2D eigenvalue weighted by molar-refractivity contribution is 9.11. The Kier molecular flexibility index (Phi) is 10.4. The second-order valence-corrected chi connectivity index (χ2v) is 5.73. The first kappa shape index (κ1) is 21.3. The van der Waals surface area contributed by atoms with Crippen molar-refractivity contribution in [1.82, 2.24) is 0 Å². The minimum absolute atomic E-state index is 0.0103. The van der Waals surface area contributed by atoms with E-state index in [9.17, 15) is 0 Å². The SMILES string of the molecule is COCOc1c(Br)c(OCOC)c(OCOC)c(Br)c1OCOC. The van der Waals surface area contributed by atoms with Crippen LogP contribution in [-0.2, 0) is 18.9 Å². The van der Waals surface area contributed by atoms with Crippen LogP contribution in [0.25, 0.3) is 0 Å². The highest BCUT2D eigenvalue weighted by Gasteiger charge is 2.27. The smallest absolute Gasteiger partial charge is 0.188 e. The van der Waals surface area contributed by atoms with Crippen molar-refractivity contribution in [1.29, 1.82) is 0 Å². The van der Waals surface area contributed by atoms with E-state index in [1.165, 1.54) is 28.4 Å². The van der Waals surface area contributed by atoms with E-state index in [1.807, 2.05) is 0 Å². The molecule has 0 bridgehead atoms. The molecule has 0 radical (unpaired) electrons. The topological polar surface area (TPSA) is 73.8 Å². The van der Waals surface area contributed by atoms with Crippen LogP contribution in [0.2, 0.25) is 0 Å². The molecule has 0 heterocycles. The van der Waals surface area contributed by atoms with Crippen LogP contribution in [0.5, 0.6) is 23.0 Å². The van der Waals surface area contributed by atoms with Crippen molar-refractivity contribution >= 4 is 31.9 Å². The lowest BCUT2D eigenvalue weighted by Crippen LogP contribution is -2.10. The van der Waals surface area contributed by atoms with Crippen LogP contribution in [0, 0.1) is 0 Å². The molecule has 0 amide bonds. The van der Waals surface area contributed by atoms with Crippen molar-refractivity contribution in [2.45, 2.75) is 0 Å². The molecule has 1 aromatic rings. The summed E-state index contributed by atoms with van der Waals surface area (Å²) in [6, 6.07) is 0. The van der Waals surface area contributed by atoms with Gasteiger partial charge >= 0.3 is 0 Å². The standard InChI is InChI=1S/C14H20Br2O8/c1-17-5-21-11-9(15)13(23-7-19-3)14(24-8-20-4)10(16)12(11)22-6-18-2/h5-8H2,1-4H3. The lowest BCUT2D eigenvalue weighted by atomic mass is 10.2. The van der Waals surface area contributed by atoms with Gasteiger partial charge in [-0.25, -0.2) is 0 Å². The van der Waals surface area contributed by atoms with Crippen molar-refractivity contribution in [2.24, 2.45) is 0 Å². The molecule has 0 aliphatic heterocycles. The number of halogens is 2. The quantitative estimate of drug-likeness (QED) is 0.427. The molecule has 0 N–H and O–H groups in total. The second-order valence-electron chi connectivity index (χ2n) is 4.15. The minimum atomic E-state index is 0.0103. The molecule has 0 aliphatic carbocycles. The number of benzene rings is 1. The van der Waals surface area contributed by atoms with Crippen LogP contribution in [0.3, 0.4) is 0 Å². The zero-order valence-electron chi connectivity index (χ0n) is 13.9. The van der Waals surface area contributed by atoms with E-state index in [0.717, 1.165) is 0 Å². The van der Waals surface area contributed by atoms with Crippen LogP contribution < -0.4 is 18.9 Å². The van der Waals surface area contributed by atoms with Crippen LogP contribution in [0.4, 0.5) is 0 Å². The Morgan fingerprint density at radius 3 is 0.875 bits per heavy atom. The number of hydrogen-bond donors (Lipinski definition) is 0. The van der Waals surface area contributed by atoms with E-state index >= 15 is 0 Å². The molecule has 24 heavy (non-hydrogen) atoms. The van der Waals surface area contributed by atoms with Gasteiger partial charge in [-0.2, -0.15) is 0 Å². The molecule has 1 rings (SSSR count). The average molecular weight is 476 g/mol. The van der Waals surface area contributed by atoms with Gasteiger partial charge in [0.05, 0.1) is 0 Å². The van der Waals surface area contributed by atoms with E-state index in [4.69, 9.17) is 37.9 Å². The molecule has 0 saturated heterocycles. The number of rotatable bonds is 12. The van der Waals surface area contributed by atoms with Gasteiger partial charge in [0.1, 0.15) is 8.95 Å². The summed E-state index contributed by atoms with van der Waals surface area (Å²) in [4.78, 5) is 0. The monoisotopic (exact) mass is 474 g/mol. The molecular formula is C14H20Br2O8. The Bertz CT molecular complexity index is 426. The lowest BCUT2D eigenvalue weighted by Gasteiger charge is -2.21. The highest BCUT2D eigenvalue weighted by atomic mass is 79.9. The van der Waals surface area contributed by atoms with Crippen LogP contribution >= 0.6 is 31.9 Å². The molecule has 0 aliphatic rings. The van der Waals surface area contributed by atoms with Crippen LogP contribution in [-0.4, -0.2) is 55.6 Å². The van der Waals surface area contributed by atoms with Gasteiger partial charge in [-0.1, -0.05) is 0 Å². The van der Waals surface area contributed by atoms with E-state index in [0.29, 0.717) is 31.9 Å². The molecule has 0 spiro atoms. The normalized spacial score (nSPS) is 10.6. The Labute approximate surface area is 157 Å². The summed E-state index contributed by atoms with van der Waals surface area (Å²) in [6.07, 6.45) is 0. The van der Waals surface area contributed by atoms with Gasteiger partial charge in [-0.05, 0) is 31.9 Å². The molecule has 8 nitrogen and oxygen atoms in total. The second kappa shape index (κ2) is 11.7. The molecule has 0 fully saturated rings. The van der Waals surface area contributed by atoms with Gasteiger partial charge in [-0.3, -0.25) is 0 Å². The van der Waals surface area contributed by atoms with Crippen molar-refractivity contribution in [3.8, 4) is 23.0 Å². The third-order valence-electron chi connectivity index (χ3n) is 2.49. The largest absolute Gasteiger partial charge is 0.462 e. The van der Waals surface area contributed by atoms with E-state index < -0.39 is 0 Å². The fraction of sp³-hybridized carbons (Fsp3) is 0.571. The average Bonchev–Trinajstić information content (AvgIpc) is 2.59. The summed E-state index contributed by atoms with van der Waals surface area (Å²) < 4.78 is 43.1. The zero-order valence-corrected chi connectivity index (χ0v) is 17.0. The molecule has 138 valence electrons. The molecule has 1 aromatic carbocycles. The van der Waals surface area contributed by atoms with Crippen molar-refractivity contribution in [3.63, 3.8) is 0 Å². The predicted molar refractivity (Wildman–Crippen MR) is 91.9 cm³/mol. The van der Waals surface area contributed by atoms with Gasteiger partial charge in [-0.15, -0.1) is 0 Å². The highest BCUT2D eigenvalue weighted by Crippen LogP contribution is 2.54. The minimum Gasteiger partial charge on any atom is -0.462 e. The molecule has 10 heteroatoms. The van der Waals surface area contributed by atoms with Crippen LogP contribution in [0.15, 0.2) is 8.95 Å². The van der Waals surface area contributed by atoms with Gasteiger partial charge < -0.3 is 37.9 Å². The van der Waals surface area contributed by atoms with E-state index in [-0.39, 0.29) is 27.2 Å². The van der Waals surface area contributed by atoms with Crippen molar-refractivity contribution < 1.29 is 37.9 Å². The fourth-order valence-corrected chi connectivity index (χ4v) is 2.77. The molecular weight excluding hydrogens is 456 g/mol. The molecule has 0 unspecified atom stereocenters. The third-order valence-corrected chi connectivity index (χ3v) is 3.93. The first-order valence-corrected chi connectivity index (χ1v) is 8.22. The summed E-state index contributed by atoms with van der Waals surface area (Å²) >= 11 is 6.88. The van der Waals surface area contributed by atoms with Crippen molar-refractivity contribution in [2.75, 3.05) is 55.6 Å². The van der Waals surface area contributed by atoms with Gasteiger partial charge in [0, 0.05) is 28.4 Å². The fourth-order valence-electron chi connectivity index (χ4n) is 1.59. The zero-order chi connectivity index (χ0) is 17.9. The molecule has 0 aromatic heterocycles. The maximum absolute atomic E-state index is 5.59. The Morgan fingerprint density at radius 2 is 0.708 bits per heavy atom. The Balaban J connectivity index is 3.39. The van der Waals surface area contributed by atoms with Gasteiger partial charge in [0.25, 0.3) is 0 Å². The van der Waals surface area contributed by atoms with Gasteiger partial charge in [0.15, 0.2) is 50.2 Å². The molecule has 0 atom stereocenters. The summed E-state index contributed by atoms with van der Waals surface area (Å²) in [6.45, 7) is 0.0412. The number of hydrogen-bond acceptors (Lipinski definition) is 8. The summed E-state index contributed by atoms with van der Waals surface area (Å²) in [5, 5.41) is 0. The summed E-state index contributed by atoms with van der Waals surface area (Å²) in [7, 11) is 6.04.